The molecule has 4 nitrogen and oxygen atoms in total. The molecule has 0 amide bonds. The van der Waals surface area contributed by atoms with Crippen LogP contribution in [-0.4, -0.2) is 29.6 Å². The van der Waals surface area contributed by atoms with Crippen LogP contribution in [-0.2, 0) is 6.54 Å². The Labute approximate surface area is 174 Å². The van der Waals surface area contributed by atoms with Crippen molar-refractivity contribution in [1.82, 2.24) is 9.88 Å². The van der Waals surface area contributed by atoms with Crippen molar-refractivity contribution in [3.8, 4) is 11.6 Å². The number of rotatable bonds is 4. The van der Waals surface area contributed by atoms with Gasteiger partial charge in [-0.1, -0.05) is 56.4 Å². The van der Waals surface area contributed by atoms with Gasteiger partial charge in [0.05, 0.1) is 0 Å². The monoisotopic (exact) mass is 392 g/mol. The van der Waals surface area contributed by atoms with Crippen molar-refractivity contribution in [3.05, 3.63) is 53.7 Å². The zero-order valence-corrected chi connectivity index (χ0v) is 17.3. The maximum atomic E-state index is 6.03. The molecule has 0 bridgehead atoms. The summed E-state index contributed by atoms with van der Waals surface area (Å²) in [5, 5.41) is 0. The van der Waals surface area contributed by atoms with Crippen molar-refractivity contribution in [1.29, 1.82) is 0 Å². The van der Waals surface area contributed by atoms with E-state index in [2.05, 4.69) is 34.1 Å². The minimum Gasteiger partial charge on any atom is -0.484 e. The summed E-state index contributed by atoms with van der Waals surface area (Å²) < 4.78 is 11.8. The number of hydrogen-bond acceptors (Lipinski definition) is 4. The van der Waals surface area contributed by atoms with E-state index in [-0.39, 0.29) is 6.10 Å². The lowest BCUT2D eigenvalue weighted by Gasteiger charge is -2.37. The third-order valence-electron chi connectivity index (χ3n) is 7.09. The number of aromatic nitrogens is 1. The van der Waals surface area contributed by atoms with E-state index in [1.54, 1.807) is 6.20 Å². The highest BCUT2D eigenvalue weighted by Crippen LogP contribution is 2.36. The largest absolute Gasteiger partial charge is 0.484 e. The van der Waals surface area contributed by atoms with Gasteiger partial charge in [0.2, 0.25) is 0 Å². The number of nitrogens with zero attached hydrogens (tertiary/aromatic N) is 2. The summed E-state index contributed by atoms with van der Waals surface area (Å²) in [6.45, 7) is 4.10. The number of benzene rings is 1. The van der Waals surface area contributed by atoms with Gasteiger partial charge in [-0.3, -0.25) is 4.90 Å². The summed E-state index contributed by atoms with van der Waals surface area (Å²) in [4.78, 5) is 6.91. The topological polar surface area (TPSA) is 34.6 Å². The van der Waals surface area contributed by atoms with Gasteiger partial charge in [-0.15, -0.1) is 0 Å². The van der Waals surface area contributed by atoms with Crippen LogP contribution in [0.1, 0.15) is 62.2 Å². The molecule has 0 N–H and O–H groups in total. The average molecular weight is 393 g/mol. The van der Waals surface area contributed by atoms with E-state index >= 15 is 0 Å². The van der Waals surface area contributed by atoms with Crippen LogP contribution in [0.3, 0.4) is 0 Å². The van der Waals surface area contributed by atoms with Gasteiger partial charge in [-0.25, -0.2) is 4.98 Å². The van der Waals surface area contributed by atoms with Gasteiger partial charge < -0.3 is 9.47 Å². The fourth-order valence-corrected chi connectivity index (χ4v) is 5.36. The second-order valence-electron chi connectivity index (χ2n) is 8.98. The van der Waals surface area contributed by atoms with Crippen LogP contribution >= 0.6 is 0 Å². The Hall–Kier alpha value is -2.07. The maximum absolute atomic E-state index is 6.03. The molecule has 5 rings (SSSR count). The van der Waals surface area contributed by atoms with Crippen LogP contribution in [0.4, 0.5) is 0 Å². The number of fused-ring (bicyclic) bond motifs is 1. The lowest BCUT2D eigenvalue weighted by molar-refractivity contribution is 0.0850. The van der Waals surface area contributed by atoms with E-state index in [0.29, 0.717) is 12.5 Å². The summed E-state index contributed by atoms with van der Waals surface area (Å²) in [5.74, 6) is 3.32. The molecule has 1 aromatic heterocycles. The van der Waals surface area contributed by atoms with E-state index in [4.69, 9.17) is 9.47 Å². The number of pyridine rings is 1. The molecule has 4 heteroatoms. The Morgan fingerprint density at radius 3 is 2.45 bits per heavy atom. The molecular formula is C25H32N2O2. The van der Waals surface area contributed by atoms with Gasteiger partial charge in [-0.2, -0.15) is 0 Å². The number of hydrogen-bond donors (Lipinski definition) is 0. The fraction of sp³-hybridized carbons (Fsp3) is 0.560. The highest BCUT2D eigenvalue weighted by molar-refractivity contribution is 5.35. The van der Waals surface area contributed by atoms with Gasteiger partial charge in [0.25, 0.3) is 5.88 Å². The van der Waals surface area contributed by atoms with Gasteiger partial charge in [0, 0.05) is 12.7 Å². The molecule has 2 aromatic rings. The summed E-state index contributed by atoms with van der Waals surface area (Å²) >= 11 is 0. The van der Waals surface area contributed by atoms with Crippen LogP contribution in [0.25, 0.3) is 0 Å². The third-order valence-corrected chi connectivity index (χ3v) is 7.09. The molecule has 2 aliphatic heterocycles. The quantitative estimate of drug-likeness (QED) is 0.699. The van der Waals surface area contributed by atoms with Crippen LogP contribution in [0, 0.1) is 11.8 Å². The Kier molecular flexibility index (Phi) is 5.71. The maximum Gasteiger partial charge on any atom is 0.257 e. The number of piperidine rings is 1. The zero-order valence-electron chi connectivity index (χ0n) is 17.3. The molecule has 1 atom stereocenters. The first-order valence-electron chi connectivity index (χ1n) is 11.4. The van der Waals surface area contributed by atoms with E-state index in [1.807, 2.05) is 12.1 Å². The Bertz CT molecular complexity index is 793. The minimum absolute atomic E-state index is 0.0855. The zero-order chi connectivity index (χ0) is 19.5. The van der Waals surface area contributed by atoms with E-state index < -0.39 is 0 Å². The molecule has 1 saturated carbocycles. The minimum atomic E-state index is -0.0855. The first kappa shape index (κ1) is 18.9. The lowest BCUT2D eigenvalue weighted by atomic mass is 9.76. The van der Waals surface area contributed by atoms with Gasteiger partial charge >= 0.3 is 0 Å². The van der Waals surface area contributed by atoms with E-state index in [0.717, 1.165) is 29.7 Å². The Morgan fingerprint density at radius 1 is 0.897 bits per heavy atom. The normalized spacial score (nSPS) is 23.8. The molecule has 154 valence electrons. The van der Waals surface area contributed by atoms with Crippen molar-refractivity contribution in [2.75, 3.05) is 19.7 Å². The molecule has 3 heterocycles. The molecule has 0 spiro atoms. The van der Waals surface area contributed by atoms with Crippen LogP contribution in [0.2, 0.25) is 0 Å². The molecule has 29 heavy (non-hydrogen) atoms. The van der Waals surface area contributed by atoms with Crippen molar-refractivity contribution in [3.63, 3.8) is 0 Å². The van der Waals surface area contributed by atoms with Crippen LogP contribution in [0.15, 0.2) is 42.6 Å². The summed E-state index contributed by atoms with van der Waals surface area (Å²) in [6, 6.07) is 12.6. The Morgan fingerprint density at radius 2 is 1.66 bits per heavy atom. The summed E-state index contributed by atoms with van der Waals surface area (Å²) in [7, 11) is 0. The highest BCUT2D eigenvalue weighted by atomic mass is 16.6. The third kappa shape index (κ3) is 4.42. The molecular weight excluding hydrogens is 360 g/mol. The van der Waals surface area contributed by atoms with Crippen molar-refractivity contribution in [2.24, 2.45) is 11.8 Å². The van der Waals surface area contributed by atoms with Gasteiger partial charge in [0.15, 0.2) is 11.9 Å². The molecule has 1 aromatic carbocycles. The fourth-order valence-electron chi connectivity index (χ4n) is 5.36. The van der Waals surface area contributed by atoms with Crippen LogP contribution in [0.5, 0.6) is 11.6 Å². The SMILES string of the molecule is c1cnc2c(c1)OC[C@H](c1ccc(CN3CCC(C4CCCCC4)CC3)cc1)O2. The smallest absolute Gasteiger partial charge is 0.257 e. The summed E-state index contributed by atoms with van der Waals surface area (Å²) in [5.41, 5.74) is 2.54. The average Bonchev–Trinajstić information content (AvgIpc) is 2.80. The van der Waals surface area contributed by atoms with Gasteiger partial charge in [-0.05, 0) is 61.0 Å². The van der Waals surface area contributed by atoms with Crippen molar-refractivity contribution < 1.29 is 9.47 Å². The first-order chi connectivity index (χ1) is 14.3. The standard InChI is InChI=1S/C25H32N2O2/c1-2-5-20(6-3-1)21-12-15-27(16-13-21)17-19-8-10-22(11-9-19)24-18-28-23-7-4-14-26-25(23)29-24/h4,7-11,14,20-21,24H,1-3,5-6,12-13,15-18H2/t24-/m1/s1. The molecule has 2 fully saturated rings. The molecule has 1 saturated heterocycles. The second-order valence-corrected chi connectivity index (χ2v) is 8.98. The van der Waals surface area contributed by atoms with Crippen molar-refractivity contribution in [2.45, 2.75) is 57.6 Å². The molecule has 3 aliphatic rings. The van der Waals surface area contributed by atoms with Crippen LogP contribution < -0.4 is 9.47 Å². The Balaban J connectivity index is 1.14. The predicted molar refractivity (Wildman–Crippen MR) is 114 cm³/mol. The molecule has 0 unspecified atom stereocenters. The first-order valence-corrected chi connectivity index (χ1v) is 11.4. The van der Waals surface area contributed by atoms with E-state index in [9.17, 15) is 0 Å². The predicted octanol–water partition coefficient (Wildman–Crippen LogP) is 5.39. The van der Waals surface area contributed by atoms with Gasteiger partial charge in [0.1, 0.15) is 6.61 Å². The number of ether oxygens (including phenoxy) is 2. The van der Waals surface area contributed by atoms with E-state index in [1.165, 1.54) is 63.6 Å². The molecule has 0 radical (unpaired) electrons. The second kappa shape index (κ2) is 8.74. The number of likely N-dealkylation sites (tertiary alicyclic amines) is 1. The van der Waals surface area contributed by atoms with Crippen molar-refractivity contribution >= 4 is 0 Å². The lowest BCUT2D eigenvalue weighted by Crippen LogP contribution is -2.36. The highest BCUT2D eigenvalue weighted by Gasteiger charge is 2.28. The summed E-state index contributed by atoms with van der Waals surface area (Å²) in [6.07, 6.45) is 11.8. The molecule has 1 aliphatic carbocycles.